The molecule has 0 saturated carbocycles. The summed E-state index contributed by atoms with van der Waals surface area (Å²) in [6.07, 6.45) is 4.11. The van der Waals surface area contributed by atoms with Crippen molar-refractivity contribution in [2.45, 2.75) is 18.9 Å². The van der Waals surface area contributed by atoms with Crippen molar-refractivity contribution in [1.29, 1.82) is 5.26 Å². The zero-order valence-corrected chi connectivity index (χ0v) is 14.2. The third-order valence-corrected chi connectivity index (χ3v) is 5.36. The van der Waals surface area contributed by atoms with Gasteiger partial charge >= 0.3 is 0 Å². The average molecular weight is 328 g/mol. The molecule has 1 aromatic carbocycles. The molecule has 3 rings (SSSR count). The van der Waals surface area contributed by atoms with E-state index in [1.165, 1.54) is 0 Å². The Morgan fingerprint density at radius 3 is 2.65 bits per heavy atom. The summed E-state index contributed by atoms with van der Waals surface area (Å²) in [5, 5.41) is 13.9. The first-order valence-electron chi connectivity index (χ1n) is 7.73. The minimum absolute atomic E-state index is 0.207. The van der Waals surface area contributed by atoms with Crippen LogP contribution in [-0.2, 0) is 7.05 Å². The van der Waals surface area contributed by atoms with E-state index in [-0.39, 0.29) is 11.1 Å². The molecule has 0 bridgehead atoms. The summed E-state index contributed by atoms with van der Waals surface area (Å²) in [7, 11) is 1.71. The molecular weight excluding hydrogens is 308 g/mol. The SMILES string of the molecule is CSN1CCC(Nc2c(C#N)c(=O)n(C)c3ccccc23)CC1. The summed E-state index contributed by atoms with van der Waals surface area (Å²) < 4.78 is 3.89. The van der Waals surface area contributed by atoms with Crippen LogP contribution in [0.2, 0.25) is 0 Å². The number of hydrogen-bond donors (Lipinski definition) is 1. The van der Waals surface area contributed by atoms with Crippen LogP contribution >= 0.6 is 11.9 Å². The Labute approximate surface area is 140 Å². The number of anilines is 1. The van der Waals surface area contributed by atoms with Gasteiger partial charge in [0.1, 0.15) is 11.6 Å². The van der Waals surface area contributed by atoms with E-state index in [4.69, 9.17) is 0 Å². The number of benzene rings is 1. The average Bonchev–Trinajstić information content (AvgIpc) is 2.60. The van der Waals surface area contributed by atoms with Crippen molar-refractivity contribution in [3.63, 3.8) is 0 Å². The molecule has 1 fully saturated rings. The monoisotopic (exact) mass is 328 g/mol. The van der Waals surface area contributed by atoms with Crippen LogP contribution in [0.4, 0.5) is 5.69 Å². The summed E-state index contributed by atoms with van der Waals surface area (Å²) in [4.78, 5) is 12.5. The number of rotatable bonds is 3. The molecule has 0 aliphatic carbocycles. The molecule has 6 heteroatoms. The van der Waals surface area contributed by atoms with Gasteiger partial charge in [0, 0.05) is 31.6 Å². The molecule has 2 aromatic rings. The van der Waals surface area contributed by atoms with Crippen LogP contribution in [0.5, 0.6) is 0 Å². The fraction of sp³-hybridized carbons (Fsp3) is 0.412. The van der Waals surface area contributed by atoms with Crippen LogP contribution in [0.25, 0.3) is 10.9 Å². The Morgan fingerprint density at radius 1 is 1.30 bits per heavy atom. The maximum Gasteiger partial charge on any atom is 0.270 e. The highest BCUT2D eigenvalue weighted by Gasteiger charge is 2.22. The number of aromatic nitrogens is 1. The number of nitriles is 1. The quantitative estimate of drug-likeness (QED) is 0.878. The van der Waals surface area contributed by atoms with E-state index < -0.39 is 0 Å². The van der Waals surface area contributed by atoms with Gasteiger partial charge in [-0.25, -0.2) is 0 Å². The number of fused-ring (bicyclic) bond motifs is 1. The molecule has 0 radical (unpaired) electrons. The summed E-state index contributed by atoms with van der Waals surface area (Å²) in [6.45, 7) is 2.03. The lowest BCUT2D eigenvalue weighted by Crippen LogP contribution is -2.36. The molecule has 1 saturated heterocycles. The maximum absolute atomic E-state index is 12.5. The van der Waals surface area contributed by atoms with Crippen molar-refractivity contribution in [2.75, 3.05) is 24.7 Å². The molecule has 5 nitrogen and oxygen atoms in total. The Balaban J connectivity index is 2.02. The minimum Gasteiger partial charge on any atom is -0.380 e. The molecule has 1 N–H and O–H groups in total. The van der Waals surface area contributed by atoms with Crippen molar-refractivity contribution in [1.82, 2.24) is 8.87 Å². The second kappa shape index (κ2) is 6.65. The normalized spacial score (nSPS) is 16.4. The second-order valence-corrected chi connectivity index (χ2v) is 6.65. The fourth-order valence-electron chi connectivity index (χ4n) is 3.14. The zero-order valence-electron chi connectivity index (χ0n) is 13.4. The number of pyridine rings is 1. The zero-order chi connectivity index (χ0) is 16.4. The van der Waals surface area contributed by atoms with E-state index in [9.17, 15) is 10.1 Å². The molecule has 1 aliphatic heterocycles. The van der Waals surface area contributed by atoms with Gasteiger partial charge in [-0.2, -0.15) is 5.26 Å². The van der Waals surface area contributed by atoms with Crippen LogP contribution in [0.3, 0.4) is 0 Å². The lowest BCUT2D eigenvalue weighted by Gasteiger charge is -2.31. The number of nitrogens with one attached hydrogen (secondary N) is 1. The second-order valence-electron chi connectivity index (χ2n) is 5.77. The topological polar surface area (TPSA) is 61.1 Å². The highest BCUT2D eigenvalue weighted by atomic mass is 32.2. The lowest BCUT2D eigenvalue weighted by atomic mass is 10.0. The molecule has 0 atom stereocenters. The van der Waals surface area contributed by atoms with Crippen LogP contribution < -0.4 is 10.9 Å². The third-order valence-electron chi connectivity index (χ3n) is 4.48. The molecule has 120 valence electrons. The summed E-state index contributed by atoms with van der Waals surface area (Å²) in [5.41, 5.74) is 1.50. The molecule has 0 amide bonds. The van der Waals surface area contributed by atoms with Crippen LogP contribution in [-0.4, -0.2) is 34.3 Å². The number of piperidine rings is 1. The number of nitrogens with zero attached hydrogens (tertiary/aromatic N) is 3. The minimum atomic E-state index is -0.241. The summed E-state index contributed by atoms with van der Waals surface area (Å²) in [6, 6.07) is 10.1. The van der Waals surface area contributed by atoms with E-state index in [1.807, 2.05) is 24.3 Å². The largest absolute Gasteiger partial charge is 0.380 e. The Kier molecular flexibility index (Phi) is 4.60. The van der Waals surface area contributed by atoms with E-state index in [1.54, 1.807) is 23.6 Å². The highest BCUT2D eigenvalue weighted by molar-refractivity contribution is 7.96. The number of para-hydroxylation sites is 1. The molecule has 2 heterocycles. The van der Waals surface area contributed by atoms with Gasteiger partial charge in [-0.05, 0) is 25.2 Å². The fourth-order valence-corrected chi connectivity index (χ4v) is 3.71. The smallest absolute Gasteiger partial charge is 0.270 e. The first-order valence-corrected chi connectivity index (χ1v) is 8.91. The highest BCUT2D eigenvalue weighted by Crippen LogP contribution is 2.27. The molecular formula is C17H20N4OS. The summed E-state index contributed by atoms with van der Waals surface area (Å²) >= 11 is 1.77. The van der Waals surface area contributed by atoms with Gasteiger partial charge in [0.2, 0.25) is 0 Å². The van der Waals surface area contributed by atoms with Gasteiger partial charge in [0.25, 0.3) is 5.56 Å². The van der Waals surface area contributed by atoms with Gasteiger partial charge in [-0.15, -0.1) is 0 Å². The van der Waals surface area contributed by atoms with Crippen LogP contribution in [0, 0.1) is 11.3 Å². The van der Waals surface area contributed by atoms with Crippen molar-refractivity contribution < 1.29 is 0 Å². The van der Waals surface area contributed by atoms with Gasteiger partial charge in [0.05, 0.1) is 11.2 Å². The lowest BCUT2D eigenvalue weighted by molar-refractivity contribution is 0.359. The predicted molar refractivity (Wildman–Crippen MR) is 95.6 cm³/mol. The van der Waals surface area contributed by atoms with E-state index in [0.29, 0.717) is 11.7 Å². The molecule has 1 aromatic heterocycles. The van der Waals surface area contributed by atoms with Crippen molar-refractivity contribution >= 4 is 28.5 Å². The van der Waals surface area contributed by atoms with E-state index >= 15 is 0 Å². The first kappa shape index (κ1) is 15.9. The molecule has 1 aliphatic rings. The van der Waals surface area contributed by atoms with Gasteiger partial charge in [-0.3, -0.25) is 9.10 Å². The predicted octanol–water partition coefficient (Wildman–Crippen LogP) is 2.56. The molecule has 23 heavy (non-hydrogen) atoms. The van der Waals surface area contributed by atoms with E-state index in [2.05, 4.69) is 21.9 Å². The van der Waals surface area contributed by atoms with Gasteiger partial charge < -0.3 is 9.88 Å². The molecule has 0 spiro atoms. The first-order chi connectivity index (χ1) is 11.2. The van der Waals surface area contributed by atoms with E-state index in [0.717, 1.165) is 36.8 Å². The van der Waals surface area contributed by atoms with Crippen LogP contribution in [0.1, 0.15) is 18.4 Å². The van der Waals surface area contributed by atoms with Gasteiger partial charge in [0.15, 0.2) is 0 Å². The molecule has 0 unspecified atom stereocenters. The number of hydrogen-bond acceptors (Lipinski definition) is 5. The third kappa shape index (κ3) is 2.94. The van der Waals surface area contributed by atoms with Crippen molar-refractivity contribution in [3.05, 3.63) is 40.2 Å². The summed E-state index contributed by atoms with van der Waals surface area (Å²) in [5.74, 6) is 0. The Bertz CT molecular complexity index is 816. The van der Waals surface area contributed by atoms with Crippen LogP contribution in [0.15, 0.2) is 29.1 Å². The maximum atomic E-state index is 12.5. The standard InChI is InChI=1S/C17H20N4OS/c1-20-15-6-4-3-5-13(15)16(14(11-18)17(20)22)19-12-7-9-21(23-2)10-8-12/h3-6,12,19H,7-10H2,1-2H3. The van der Waals surface area contributed by atoms with Crippen molar-refractivity contribution in [3.8, 4) is 6.07 Å². The Hall–Kier alpha value is -1.97. The number of aryl methyl sites for hydroxylation is 1. The van der Waals surface area contributed by atoms with Crippen molar-refractivity contribution in [2.24, 2.45) is 7.05 Å². The van der Waals surface area contributed by atoms with Gasteiger partial charge in [-0.1, -0.05) is 30.1 Å². The Morgan fingerprint density at radius 2 is 2.00 bits per heavy atom.